The van der Waals surface area contributed by atoms with Crippen molar-refractivity contribution in [2.75, 3.05) is 0 Å². The Morgan fingerprint density at radius 1 is 1.24 bits per heavy atom. The van der Waals surface area contributed by atoms with Gasteiger partial charge in [0.15, 0.2) is 16.4 Å². The highest BCUT2D eigenvalue weighted by molar-refractivity contribution is 7.87. The van der Waals surface area contributed by atoms with E-state index in [9.17, 15) is 22.8 Å². The van der Waals surface area contributed by atoms with Gasteiger partial charge < -0.3 is 8.75 Å². The number of aromatic nitrogens is 2. The minimum absolute atomic E-state index is 0.0137. The van der Waals surface area contributed by atoms with Crippen LogP contribution in [-0.2, 0) is 24.2 Å². The van der Waals surface area contributed by atoms with Crippen LogP contribution in [0.5, 0.6) is 5.75 Å². The maximum absolute atomic E-state index is 12.5. The molecule has 2 aromatic rings. The van der Waals surface area contributed by atoms with Crippen molar-refractivity contribution in [2.24, 2.45) is 14.1 Å². The van der Waals surface area contributed by atoms with E-state index in [1.807, 2.05) is 0 Å². The summed E-state index contributed by atoms with van der Waals surface area (Å²) in [4.78, 5) is 35.1. The molecule has 0 bridgehead atoms. The standard InChI is InChI=1S/C15H15ClN2O6S/c1-4-11(19)10-7-9(16)5-6-12(10)24-25(22,23)13-8-17(2)15(21)18(3)14(13)20/h5-8H,4H2,1-3H3. The predicted molar refractivity (Wildman–Crippen MR) is 90.8 cm³/mol. The van der Waals surface area contributed by atoms with Crippen LogP contribution in [0.3, 0.4) is 0 Å². The quantitative estimate of drug-likeness (QED) is 0.563. The number of aryl methyl sites for hydroxylation is 1. The first kappa shape index (κ1) is 18.9. The summed E-state index contributed by atoms with van der Waals surface area (Å²) in [5.74, 6) is -0.617. The monoisotopic (exact) mass is 386 g/mol. The van der Waals surface area contributed by atoms with Gasteiger partial charge in [0.05, 0.1) is 5.56 Å². The molecular formula is C15H15ClN2O6S. The first-order chi connectivity index (χ1) is 11.6. The van der Waals surface area contributed by atoms with Crippen LogP contribution in [0, 0.1) is 0 Å². The summed E-state index contributed by atoms with van der Waals surface area (Å²) in [6.07, 6.45) is 0.982. The van der Waals surface area contributed by atoms with Crippen molar-refractivity contribution in [3.8, 4) is 5.75 Å². The molecule has 1 heterocycles. The molecule has 10 heteroatoms. The van der Waals surface area contributed by atoms with E-state index in [4.69, 9.17) is 15.8 Å². The molecule has 0 saturated carbocycles. The Hall–Kier alpha value is -2.39. The number of hydrogen-bond acceptors (Lipinski definition) is 6. The van der Waals surface area contributed by atoms with Crippen molar-refractivity contribution < 1.29 is 17.4 Å². The molecule has 0 saturated heterocycles. The van der Waals surface area contributed by atoms with Crippen LogP contribution in [0.15, 0.2) is 38.9 Å². The number of carbonyl (C=O) groups is 1. The maximum atomic E-state index is 12.5. The second-order valence-electron chi connectivity index (χ2n) is 5.21. The fourth-order valence-corrected chi connectivity index (χ4v) is 3.37. The Bertz CT molecular complexity index is 1070. The van der Waals surface area contributed by atoms with E-state index in [1.54, 1.807) is 6.92 Å². The van der Waals surface area contributed by atoms with Crippen molar-refractivity contribution in [1.82, 2.24) is 9.13 Å². The molecule has 1 aromatic carbocycles. The summed E-state index contributed by atoms with van der Waals surface area (Å²) in [5, 5.41) is 0.236. The van der Waals surface area contributed by atoms with Gasteiger partial charge in [-0.15, -0.1) is 0 Å². The lowest BCUT2D eigenvalue weighted by atomic mass is 10.1. The normalized spacial score (nSPS) is 11.4. The van der Waals surface area contributed by atoms with Gasteiger partial charge in [-0.3, -0.25) is 14.2 Å². The molecule has 1 aromatic heterocycles. The van der Waals surface area contributed by atoms with Crippen molar-refractivity contribution in [3.63, 3.8) is 0 Å². The molecular weight excluding hydrogens is 372 g/mol. The third-order valence-electron chi connectivity index (χ3n) is 3.45. The smallest absolute Gasteiger partial charge is 0.346 e. The van der Waals surface area contributed by atoms with E-state index in [0.717, 1.165) is 17.8 Å². The minimum Gasteiger partial charge on any atom is -0.378 e. The molecule has 134 valence electrons. The van der Waals surface area contributed by atoms with E-state index >= 15 is 0 Å². The number of halogens is 1. The van der Waals surface area contributed by atoms with E-state index in [2.05, 4.69) is 0 Å². The van der Waals surface area contributed by atoms with Crippen LogP contribution in [0.1, 0.15) is 23.7 Å². The third-order valence-corrected chi connectivity index (χ3v) is 4.90. The van der Waals surface area contributed by atoms with Gasteiger partial charge in [-0.05, 0) is 18.2 Å². The zero-order chi connectivity index (χ0) is 18.9. The van der Waals surface area contributed by atoms with Crippen molar-refractivity contribution in [1.29, 1.82) is 0 Å². The van der Waals surface area contributed by atoms with Crippen LogP contribution in [0.4, 0.5) is 0 Å². The first-order valence-electron chi connectivity index (χ1n) is 7.12. The predicted octanol–water partition coefficient (Wildman–Crippen LogP) is 1.10. The molecule has 0 aliphatic heterocycles. The van der Waals surface area contributed by atoms with Crippen LogP contribution < -0.4 is 15.4 Å². The van der Waals surface area contributed by atoms with Gasteiger partial charge in [-0.2, -0.15) is 8.42 Å². The highest BCUT2D eigenvalue weighted by Crippen LogP contribution is 2.26. The number of rotatable bonds is 5. The zero-order valence-corrected chi connectivity index (χ0v) is 15.2. The summed E-state index contributed by atoms with van der Waals surface area (Å²) in [6.45, 7) is 1.60. The molecule has 0 aliphatic carbocycles. The number of carbonyl (C=O) groups excluding carboxylic acids is 1. The van der Waals surface area contributed by atoms with Crippen molar-refractivity contribution in [3.05, 3.63) is 55.8 Å². The number of hydrogen-bond donors (Lipinski definition) is 0. The fourth-order valence-electron chi connectivity index (χ4n) is 2.09. The summed E-state index contributed by atoms with van der Waals surface area (Å²) >= 11 is 5.84. The average molecular weight is 387 g/mol. The third kappa shape index (κ3) is 3.67. The molecule has 25 heavy (non-hydrogen) atoms. The van der Waals surface area contributed by atoms with E-state index in [-0.39, 0.29) is 28.5 Å². The molecule has 0 amide bonds. The maximum Gasteiger partial charge on any atom is 0.346 e. The van der Waals surface area contributed by atoms with Gasteiger partial charge >= 0.3 is 15.8 Å². The Morgan fingerprint density at radius 2 is 1.88 bits per heavy atom. The highest BCUT2D eigenvalue weighted by Gasteiger charge is 2.26. The van der Waals surface area contributed by atoms with E-state index in [0.29, 0.717) is 4.57 Å². The molecule has 0 N–H and O–H groups in total. The van der Waals surface area contributed by atoms with Gasteiger partial charge in [-0.25, -0.2) is 4.79 Å². The molecule has 0 atom stereocenters. The Kier molecular flexibility index (Phi) is 5.19. The Balaban J connectivity index is 2.60. The molecule has 0 fully saturated rings. The van der Waals surface area contributed by atoms with Gasteiger partial charge in [0.1, 0.15) is 0 Å². The lowest BCUT2D eigenvalue weighted by Gasteiger charge is -2.12. The Labute approximate surface area is 148 Å². The second-order valence-corrected chi connectivity index (χ2v) is 7.16. The number of Topliss-reactive ketones (excluding diaryl/α,β-unsaturated/α-hetero) is 1. The van der Waals surface area contributed by atoms with Crippen LogP contribution in [0.25, 0.3) is 0 Å². The lowest BCUT2D eigenvalue weighted by Crippen LogP contribution is -2.39. The minimum atomic E-state index is -4.57. The van der Waals surface area contributed by atoms with E-state index < -0.39 is 26.3 Å². The Morgan fingerprint density at radius 3 is 2.48 bits per heavy atom. The largest absolute Gasteiger partial charge is 0.378 e. The summed E-state index contributed by atoms with van der Waals surface area (Å²) in [5.41, 5.74) is -1.72. The average Bonchev–Trinajstić information content (AvgIpc) is 2.56. The molecule has 0 unspecified atom stereocenters. The lowest BCUT2D eigenvalue weighted by molar-refractivity contribution is 0.0986. The van der Waals surface area contributed by atoms with Gasteiger partial charge in [0, 0.05) is 31.7 Å². The number of benzene rings is 1. The second kappa shape index (κ2) is 6.85. The van der Waals surface area contributed by atoms with Crippen molar-refractivity contribution >= 4 is 27.5 Å². The summed E-state index contributed by atoms with van der Waals surface area (Å²) in [7, 11) is -2.12. The fraction of sp³-hybridized carbons (Fsp3) is 0.267. The molecule has 0 radical (unpaired) electrons. The van der Waals surface area contributed by atoms with Gasteiger partial charge in [0.2, 0.25) is 0 Å². The van der Waals surface area contributed by atoms with E-state index in [1.165, 1.54) is 25.2 Å². The molecule has 8 nitrogen and oxygen atoms in total. The van der Waals surface area contributed by atoms with Crippen LogP contribution in [0.2, 0.25) is 5.02 Å². The van der Waals surface area contributed by atoms with Crippen LogP contribution >= 0.6 is 11.6 Å². The topological polar surface area (TPSA) is 104 Å². The molecule has 2 rings (SSSR count). The molecule has 0 aliphatic rings. The summed E-state index contributed by atoms with van der Waals surface area (Å²) < 4.78 is 31.6. The molecule has 0 spiro atoms. The highest BCUT2D eigenvalue weighted by atomic mass is 35.5. The van der Waals surface area contributed by atoms with Crippen LogP contribution in [-0.4, -0.2) is 23.3 Å². The number of nitrogens with zero attached hydrogens (tertiary/aromatic N) is 2. The summed E-state index contributed by atoms with van der Waals surface area (Å²) in [6, 6.07) is 3.88. The number of ketones is 1. The first-order valence-corrected chi connectivity index (χ1v) is 8.91. The van der Waals surface area contributed by atoms with Crippen molar-refractivity contribution in [2.45, 2.75) is 18.2 Å². The van der Waals surface area contributed by atoms with Gasteiger partial charge in [0.25, 0.3) is 5.56 Å². The zero-order valence-electron chi connectivity index (χ0n) is 13.6. The van der Waals surface area contributed by atoms with Gasteiger partial charge in [-0.1, -0.05) is 18.5 Å². The SMILES string of the molecule is CCC(=O)c1cc(Cl)ccc1OS(=O)(=O)c1cn(C)c(=O)n(C)c1=O.